The molecule has 2 heterocycles. The van der Waals surface area contributed by atoms with Crippen LogP contribution in [0.25, 0.3) is 0 Å². The second-order valence-corrected chi connectivity index (χ2v) is 14.0. The van der Waals surface area contributed by atoms with Crippen LogP contribution >= 0.6 is 0 Å². The molecule has 3 rings (SSSR count). The molecule has 0 radical (unpaired) electrons. The van der Waals surface area contributed by atoms with Crippen LogP contribution in [-0.4, -0.2) is 164 Å². The van der Waals surface area contributed by atoms with Crippen LogP contribution in [0.3, 0.4) is 0 Å². The van der Waals surface area contributed by atoms with Crippen LogP contribution in [-0.2, 0) is 28.4 Å². The molecule has 274 valence electrons. The number of alkyl carbamates (subject to hydrolysis) is 2. The summed E-state index contributed by atoms with van der Waals surface area (Å²) < 4.78 is 33.5. The first-order chi connectivity index (χ1) is 21.6. The zero-order valence-corrected chi connectivity index (χ0v) is 27.3. The summed E-state index contributed by atoms with van der Waals surface area (Å²) in [5.41, 5.74) is 10.5. The average molecular weight is 685 g/mol. The molecule has 15 atom stereocenters. The van der Waals surface area contributed by atoms with Crippen LogP contribution in [0.15, 0.2) is 0 Å². The molecule has 0 spiro atoms. The minimum absolute atomic E-state index is 0.135. The van der Waals surface area contributed by atoms with Crippen LogP contribution in [0.2, 0.25) is 0 Å². The highest BCUT2D eigenvalue weighted by Gasteiger charge is 2.53. The van der Waals surface area contributed by atoms with Gasteiger partial charge in [0.25, 0.3) is 0 Å². The molecule has 2 aliphatic heterocycles. The summed E-state index contributed by atoms with van der Waals surface area (Å²) in [6.07, 6.45) is -20.8. The van der Waals surface area contributed by atoms with Gasteiger partial charge in [0, 0.05) is 12.6 Å². The molecular formula is C28H52N4O15. The van der Waals surface area contributed by atoms with Gasteiger partial charge in [0.1, 0.15) is 72.2 Å². The molecule has 0 aromatic heterocycles. The number of ether oxygens (including phenoxy) is 6. The van der Waals surface area contributed by atoms with E-state index in [-0.39, 0.29) is 13.0 Å². The third-order valence-electron chi connectivity index (χ3n) is 7.75. The van der Waals surface area contributed by atoms with Crippen molar-refractivity contribution in [2.45, 2.75) is 151 Å². The summed E-state index contributed by atoms with van der Waals surface area (Å²) in [5, 5.41) is 78.9. The smallest absolute Gasteiger partial charge is 0.407 e. The van der Waals surface area contributed by atoms with Gasteiger partial charge in [-0.15, -0.1) is 0 Å². The number of hydrogen-bond acceptors (Lipinski definition) is 17. The fourth-order valence-corrected chi connectivity index (χ4v) is 5.43. The number of nitrogens with two attached hydrogens (primary N) is 2. The lowest BCUT2D eigenvalue weighted by Gasteiger charge is -2.48. The Hall–Kier alpha value is -1.98. The Bertz CT molecular complexity index is 1040. The quantitative estimate of drug-likeness (QED) is 0.116. The Morgan fingerprint density at radius 3 is 1.83 bits per heavy atom. The van der Waals surface area contributed by atoms with Gasteiger partial charge in [0.05, 0.1) is 18.7 Å². The van der Waals surface area contributed by atoms with Crippen molar-refractivity contribution < 1.29 is 73.8 Å². The molecule has 3 fully saturated rings. The van der Waals surface area contributed by atoms with E-state index in [0.717, 1.165) is 0 Å². The summed E-state index contributed by atoms with van der Waals surface area (Å²) >= 11 is 0. The van der Waals surface area contributed by atoms with E-state index in [9.17, 15) is 45.3 Å². The molecule has 0 aromatic rings. The molecule has 47 heavy (non-hydrogen) atoms. The van der Waals surface area contributed by atoms with E-state index in [2.05, 4.69) is 10.6 Å². The van der Waals surface area contributed by atoms with E-state index in [1.165, 1.54) is 0 Å². The van der Waals surface area contributed by atoms with E-state index in [4.69, 9.17) is 39.9 Å². The first kappa shape index (κ1) is 39.5. The Morgan fingerprint density at radius 2 is 1.26 bits per heavy atom. The largest absolute Gasteiger partial charge is 0.444 e. The third-order valence-corrected chi connectivity index (χ3v) is 7.75. The summed E-state index contributed by atoms with van der Waals surface area (Å²) in [6.45, 7) is 8.79. The Labute approximate surface area is 272 Å². The van der Waals surface area contributed by atoms with Crippen molar-refractivity contribution in [1.82, 2.24) is 10.6 Å². The normalized spacial score (nSPS) is 41.6. The molecule has 1 saturated carbocycles. The topological polar surface area (TPSA) is 307 Å². The first-order valence-electron chi connectivity index (χ1n) is 15.4. The van der Waals surface area contributed by atoms with E-state index in [0.29, 0.717) is 0 Å². The van der Waals surface area contributed by atoms with Crippen LogP contribution in [0.4, 0.5) is 9.59 Å². The number of nitrogens with one attached hydrogen (secondary N) is 2. The molecular weight excluding hydrogens is 632 g/mol. The zero-order chi connectivity index (χ0) is 35.6. The zero-order valence-electron chi connectivity index (χ0n) is 27.3. The standard InChI is InChI=1S/C28H52N4O15/c1-27(2,3)46-25(40)31-8-12-16(35)18(37)19(38)24(42-12)45-22-11(32-26(41)47-28(4,5)6)7-10(29)21(20(22)39)44-23-17(36)14(30)15(34)13(9-33)43-23/h10-24,33-39H,7-9,29-30H2,1-6H3,(H,31,40)(H,32,41)/t10-,11?,12?,13?,14-,15-,16-,17?,18+,19?,20?,21-,22-,23-,24-/m1/s1. The van der Waals surface area contributed by atoms with Gasteiger partial charge in [-0.1, -0.05) is 0 Å². The molecule has 19 nitrogen and oxygen atoms in total. The number of aliphatic hydroxyl groups is 7. The highest BCUT2D eigenvalue weighted by Crippen LogP contribution is 2.32. The predicted molar refractivity (Wildman–Crippen MR) is 158 cm³/mol. The van der Waals surface area contributed by atoms with Gasteiger partial charge in [-0.3, -0.25) is 0 Å². The highest BCUT2D eigenvalue weighted by atomic mass is 16.7. The molecule has 2 amide bonds. The number of hydrogen-bond donors (Lipinski definition) is 11. The third kappa shape index (κ3) is 10.3. The molecule has 0 bridgehead atoms. The van der Waals surface area contributed by atoms with E-state index < -0.39 is 122 Å². The molecule has 0 aromatic carbocycles. The minimum Gasteiger partial charge on any atom is -0.444 e. The van der Waals surface area contributed by atoms with Crippen LogP contribution in [0, 0.1) is 0 Å². The van der Waals surface area contributed by atoms with Gasteiger partial charge >= 0.3 is 12.2 Å². The highest BCUT2D eigenvalue weighted by molar-refractivity contribution is 5.68. The number of carbonyl (C=O) groups is 2. The predicted octanol–water partition coefficient (Wildman–Crippen LogP) is -4.16. The Balaban J connectivity index is 1.84. The lowest BCUT2D eigenvalue weighted by atomic mass is 9.83. The monoisotopic (exact) mass is 684 g/mol. The van der Waals surface area contributed by atoms with Crippen LogP contribution < -0.4 is 22.1 Å². The lowest BCUT2D eigenvalue weighted by Crippen LogP contribution is -2.69. The average Bonchev–Trinajstić information content (AvgIpc) is 2.94. The molecule has 6 unspecified atom stereocenters. The summed E-state index contributed by atoms with van der Waals surface area (Å²) in [4.78, 5) is 24.9. The van der Waals surface area contributed by atoms with Gasteiger partial charge in [-0.05, 0) is 48.0 Å². The second-order valence-electron chi connectivity index (χ2n) is 14.0. The van der Waals surface area contributed by atoms with E-state index in [1.807, 2.05) is 0 Å². The van der Waals surface area contributed by atoms with Crippen molar-refractivity contribution in [3.63, 3.8) is 0 Å². The van der Waals surface area contributed by atoms with Crippen LogP contribution in [0.1, 0.15) is 48.0 Å². The molecule has 19 heteroatoms. The fourth-order valence-electron chi connectivity index (χ4n) is 5.43. The van der Waals surface area contributed by atoms with Crippen molar-refractivity contribution in [2.24, 2.45) is 11.5 Å². The van der Waals surface area contributed by atoms with Crippen molar-refractivity contribution in [2.75, 3.05) is 13.2 Å². The second kappa shape index (κ2) is 15.7. The van der Waals surface area contributed by atoms with Gasteiger partial charge in [-0.2, -0.15) is 0 Å². The van der Waals surface area contributed by atoms with Crippen molar-refractivity contribution in [3.8, 4) is 0 Å². The molecule has 13 N–H and O–H groups in total. The molecule has 1 aliphatic carbocycles. The van der Waals surface area contributed by atoms with Gasteiger partial charge in [-0.25, -0.2) is 9.59 Å². The fraction of sp³-hybridized carbons (Fsp3) is 0.929. The maximum absolute atomic E-state index is 12.8. The van der Waals surface area contributed by atoms with E-state index >= 15 is 0 Å². The number of aliphatic hydroxyl groups excluding tert-OH is 7. The summed E-state index contributed by atoms with van der Waals surface area (Å²) in [5.74, 6) is 0. The van der Waals surface area contributed by atoms with Gasteiger partial charge in [0.2, 0.25) is 0 Å². The van der Waals surface area contributed by atoms with Gasteiger partial charge in [0.15, 0.2) is 12.6 Å². The summed E-state index contributed by atoms with van der Waals surface area (Å²) in [7, 11) is 0. The van der Waals surface area contributed by atoms with Crippen molar-refractivity contribution >= 4 is 12.2 Å². The van der Waals surface area contributed by atoms with Gasteiger partial charge < -0.3 is 86.3 Å². The van der Waals surface area contributed by atoms with Crippen molar-refractivity contribution in [3.05, 3.63) is 0 Å². The number of carbonyl (C=O) groups excluding carboxylic acids is 2. The maximum atomic E-state index is 12.8. The Morgan fingerprint density at radius 1 is 0.723 bits per heavy atom. The first-order valence-corrected chi connectivity index (χ1v) is 15.4. The number of rotatable bonds is 8. The Kier molecular flexibility index (Phi) is 13.2. The SMILES string of the molecule is CC(C)(C)OC(=O)NCC1O[C@H](O[C@@H]2C(NC(=O)OC(C)(C)C)C[C@@H](N)[C@@H](O[C@H]3OC(CO)[C@@H](O)[C@@H](N)C3O)C2O)C(O)[C@@H](O)[C@@H]1O. The van der Waals surface area contributed by atoms with E-state index in [1.54, 1.807) is 41.5 Å². The van der Waals surface area contributed by atoms with Crippen molar-refractivity contribution in [1.29, 1.82) is 0 Å². The lowest BCUT2D eigenvalue weighted by molar-refractivity contribution is -0.333. The maximum Gasteiger partial charge on any atom is 0.407 e. The van der Waals surface area contributed by atoms with Crippen LogP contribution in [0.5, 0.6) is 0 Å². The molecule has 2 saturated heterocycles. The number of amides is 2. The molecule has 3 aliphatic rings. The minimum atomic E-state index is -1.87. The summed E-state index contributed by atoms with van der Waals surface area (Å²) in [6, 6.07) is -3.45.